The van der Waals surface area contributed by atoms with Crippen molar-refractivity contribution in [3.63, 3.8) is 0 Å². The van der Waals surface area contributed by atoms with Gasteiger partial charge in [0.1, 0.15) is 12.4 Å². The van der Waals surface area contributed by atoms with Crippen molar-refractivity contribution in [2.24, 2.45) is 5.73 Å². The lowest BCUT2D eigenvalue weighted by Gasteiger charge is -2.24. The molecule has 3 aromatic carbocycles. The summed E-state index contributed by atoms with van der Waals surface area (Å²) in [4.78, 5) is 15.2. The highest BCUT2D eigenvalue weighted by atomic mass is 16.5. The average molecular weight is 389 g/mol. The molecule has 0 bridgehead atoms. The van der Waals surface area contributed by atoms with Crippen molar-refractivity contribution in [2.75, 3.05) is 13.1 Å². The van der Waals surface area contributed by atoms with Crippen LogP contribution in [0.25, 0.3) is 0 Å². The summed E-state index contributed by atoms with van der Waals surface area (Å²) in [5, 5.41) is 0. The molecule has 3 rings (SSSR count). The Morgan fingerprint density at radius 1 is 0.931 bits per heavy atom. The van der Waals surface area contributed by atoms with E-state index in [9.17, 15) is 4.79 Å². The van der Waals surface area contributed by atoms with Crippen LogP contribution < -0.4 is 10.5 Å². The molecule has 0 radical (unpaired) electrons. The second kappa shape index (κ2) is 10.4. The fourth-order valence-electron chi connectivity index (χ4n) is 3.24. The number of aryl methyl sites for hydroxylation is 1. The van der Waals surface area contributed by atoms with Crippen molar-refractivity contribution in [3.8, 4) is 5.75 Å². The molecule has 0 heterocycles. The van der Waals surface area contributed by atoms with E-state index >= 15 is 0 Å². The first kappa shape index (κ1) is 20.6. The van der Waals surface area contributed by atoms with E-state index in [0.29, 0.717) is 37.6 Å². The van der Waals surface area contributed by atoms with Crippen LogP contribution in [0.2, 0.25) is 0 Å². The maximum absolute atomic E-state index is 13.4. The summed E-state index contributed by atoms with van der Waals surface area (Å²) in [6.07, 6.45) is 0.755. The van der Waals surface area contributed by atoms with E-state index in [1.807, 2.05) is 71.6 Å². The highest BCUT2D eigenvalue weighted by molar-refractivity contribution is 5.96. The van der Waals surface area contributed by atoms with Crippen LogP contribution in [0.4, 0.5) is 0 Å². The van der Waals surface area contributed by atoms with Gasteiger partial charge in [0, 0.05) is 13.1 Å². The Balaban J connectivity index is 1.79. The summed E-state index contributed by atoms with van der Waals surface area (Å²) in [5.41, 5.74) is 9.64. The zero-order chi connectivity index (χ0) is 20.5. The molecule has 0 saturated heterocycles. The molecule has 3 aromatic rings. The predicted molar refractivity (Wildman–Crippen MR) is 117 cm³/mol. The molecule has 0 atom stereocenters. The number of nitrogens with zero attached hydrogens (tertiary/aromatic N) is 1. The van der Waals surface area contributed by atoms with Gasteiger partial charge in [-0.25, -0.2) is 0 Å². The number of benzene rings is 3. The minimum atomic E-state index is -0.0383. The lowest BCUT2D eigenvalue weighted by atomic mass is 10.1. The molecule has 0 aromatic heterocycles. The minimum Gasteiger partial charge on any atom is -0.488 e. The van der Waals surface area contributed by atoms with Gasteiger partial charge >= 0.3 is 0 Å². The second-order valence-corrected chi connectivity index (χ2v) is 7.13. The smallest absolute Gasteiger partial charge is 0.257 e. The number of rotatable bonds is 9. The average Bonchev–Trinajstić information content (AvgIpc) is 2.75. The van der Waals surface area contributed by atoms with Gasteiger partial charge in [-0.15, -0.1) is 0 Å². The molecule has 2 N–H and O–H groups in total. The minimum absolute atomic E-state index is 0.0383. The molecule has 0 spiro atoms. The van der Waals surface area contributed by atoms with Crippen molar-refractivity contribution >= 4 is 5.91 Å². The summed E-state index contributed by atoms with van der Waals surface area (Å²) < 4.78 is 6.00. The quantitative estimate of drug-likeness (QED) is 0.584. The number of amides is 1. The van der Waals surface area contributed by atoms with Crippen LogP contribution in [0.3, 0.4) is 0 Å². The van der Waals surface area contributed by atoms with Crippen LogP contribution in [0.15, 0.2) is 78.9 Å². The molecule has 0 aliphatic rings. The number of hydrogen-bond donors (Lipinski definition) is 1. The SMILES string of the molecule is Cc1cccc(CN(CCCN)C(=O)c2ccccc2OCc2ccccc2)c1. The zero-order valence-electron chi connectivity index (χ0n) is 16.9. The predicted octanol–water partition coefficient (Wildman–Crippen LogP) is 4.57. The molecule has 0 unspecified atom stereocenters. The fourth-order valence-corrected chi connectivity index (χ4v) is 3.24. The number of carbonyl (C=O) groups excluding carboxylic acids is 1. The lowest BCUT2D eigenvalue weighted by molar-refractivity contribution is 0.0737. The molecule has 0 saturated carbocycles. The Hall–Kier alpha value is -3.11. The Morgan fingerprint density at radius 3 is 2.41 bits per heavy atom. The molecule has 150 valence electrons. The Labute approximate surface area is 172 Å². The molecular weight excluding hydrogens is 360 g/mol. The van der Waals surface area contributed by atoms with E-state index in [2.05, 4.69) is 19.1 Å². The third-order valence-electron chi connectivity index (χ3n) is 4.73. The first-order valence-electron chi connectivity index (χ1n) is 9.98. The van der Waals surface area contributed by atoms with Gasteiger partial charge in [0.2, 0.25) is 0 Å². The second-order valence-electron chi connectivity index (χ2n) is 7.13. The molecule has 1 amide bonds. The summed E-state index contributed by atoms with van der Waals surface area (Å²) >= 11 is 0. The molecule has 0 aliphatic carbocycles. The van der Waals surface area contributed by atoms with Gasteiger partial charge in [-0.2, -0.15) is 0 Å². The molecule has 0 fully saturated rings. The van der Waals surface area contributed by atoms with E-state index < -0.39 is 0 Å². The van der Waals surface area contributed by atoms with E-state index in [-0.39, 0.29) is 5.91 Å². The molecular formula is C25H28N2O2. The molecule has 4 heteroatoms. The molecule has 29 heavy (non-hydrogen) atoms. The van der Waals surface area contributed by atoms with Crippen molar-refractivity contribution in [3.05, 3.63) is 101 Å². The zero-order valence-corrected chi connectivity index (χ0v) is 16.9. The lowest BCUT2D eigenvalue weighted by Crippen LogP contribution is -2.32. The largest absolute Gasteiger partial charge is 0.488 e. The Morgan fingerprint density at radius 2 is 1.66 bits per heavy atom. The third kappa shape index (κ3) is 5.93. The van der Waals surface area contributed by atoms with Crippen LogP contribution in [0.1, 0.15) is 33.5 Å². The third-order valence-corrected chi connectivity index (χ3v) is 4.73. The van der Waals surface area contributed by atoms with Crippen LogP contribution in [0.5, 0.6) is 5.75 Å². The maximum atomic E-state index is 13.4. The van der Waals surface area contributed by atoms with Gasteiger partial charge in [0.25, 0.3) is 5.91 Å². The first-order valence-corrected chi connectivity index (χ1v) is 9.98. The van der Waals surface area contributed by atoms with Crippen molar-refractivity contribution in [2.45, 2.75) is 26.5 Å². The standard InChI is InChI=1S/C25H28N2O2/c1-20-9-7-12-22(17-20)18-27(16-8-15-26)25(28)23-13-5-6-14-24(23)29-19-21-10-3-2-4-11-21/h2-7,9-14,17H,8,15-16,18-19,26H2,1H3. The van der Waals surface area contributed by atoms with Crippen LogP contribution in [-0.2, 0) is 13.2 Å². The van der Waals surface area contributed by atoms with Crippen LogP contribution in [-0.4, -0.2) is 23.9 Å². The summed E-state index contributed by atoms with van der Waals surface area (Å²) in [6, 6.07) is 25.6. The van der Waals surface area contributed by atoms with Crippen molar-refractivity contribution in [1.29, 1.82) is 0 Å². The number of para-hydroxylation sites is 1. The van der Waals surface area contributed by atoms with E-state index in [4.69, 9.17) is 10.5 Å². The molecule has 0 aliphatic heterocycles. The van der Waals surface area contributed by atoms with Crippen molar-refractivity contribution in [1.82, 2.24) is 4.90 Å². The normalized spacial score (nSPS) is 10.6. The highest BCUT2D eigenvalue weighted by Crippen LogP contribution is 2.22. The topological polar surface area (TPSA) is 55.6 Å². The molecule has 4 nitrogen and oxygen atoms in total. The number of carbonyl (C=O) groups is 1. The highest BCUT2D eigenvalue weighted by Gasteiger charge is 2.20. The maximum Gasteiger partial charge on any atom is 0.257 e. The summed E-state index contributed by atoms with van der Waals surface area (Å²) in [7, 11) is 0. The van der Waals surface area contributed by atoms with Gasteiger partial charge in [0.15, 0.2) is 0 Å². The summed E-state index contributed by atoms with van der Waals surface area (Å²) in [6.45, 7) is 4.18. The Kier molecular flexibility index (Phi) is 7.42. The van der Waals surface area contributed by atoms with Crippen LogP contribution >= 0.6 is 0 Å². The van der Waals surface area contributed by atoms with Crippen molar-refractivity contribution < 1.29 is 9.53 Å². The number of nitrogens with two attached hydrogens (primary N) is 1. The van der Waals surface area contributed by atoms with Gasteiger partial charge in [-0.05, 0) is 43.1 Å². The number of hydrogen-bond acceptors (Lipinski definition) is 3. The fraction of sp³-hybridized carbons (Fsp3) is 0.240. The Bertz CT molecular complexity index is 925. The first-order chi connectivity index (χ1) is 14.2. The van der Waals surface area contributed by atoms with Gasteiger partial charge in [-0.1, -0.05) is 72.3 Å². The van der Waals surface area contributed by atoms with Gasteiger partial charge in [0.05, 0.1) is 5.56 Å². The van der Waals surface area contributed by atoms with Gasteiger partial charge < -0.3 is 15.4 Å². The van der Waals surface area contributed by atoms with Crippen LogP contribution in [0, 0.1) is 6.92 Å². The van der Waals surface area contributed by atoms with E-state index in [1.54, 1.807) is 0 Å². The summed E-state index contributed by atoms with van der Waals surface area (Å²) in [5.74, 6) is 0.562. The van der Waals surface area contributed by atoms with Gasteiger partial charge in [-0.3, -0.25) is 4.79 Å². The number of ether oxygens (including phenoxy) is 1. The van der Waals surface area contributed by atoms with E-state index in [0.717, 1.165) is 17.5 Å². The van der Waals surface area contributed by atoms with E-state index in [1.165, 1.54) is 5.56 Å². The monoisotopic (exact) mass is 388 g/mol.